The molecule has 0 aliphatic carbocycles. The summed E-state index contributed by atoms with van der Waals surface area (Å²) in [6.07, 6.45) is -4.36. The van der Waals surface area contributed by atoms with Crippen LogP contribution in [0.5, 0.6) is 5.88 Å². The third-order valence-corrected chi connectivity index (χ3v) is 3.08. The van der Waals surface area contributed by atoms with E-state index in [0.29, 0.717) is 17.4 Å². The van der Waals surface area contributed by atoms with E-state index >= 15 is 0 Å². The lowest BCUT2D eigenvalue weighted by molar-refractivity contribution is -0.139. The van der Waals surface area contributed by atoms with Crippen LogP contribution in [0.1, 0.15) is 25.0 Å². The molecule has 0 bridgehead atoms. The minimum atomic E-state index is -4.60. The summed E-state index contributed by atoms with van der Waals surface area (Å²) >= 11 is 0. The Balaban J connectivity index is 2.41. The summed E-state index contributed by atoms with van der Waals surface area (Å²) in [5.74, 6) is -0.452. The number of halogens is 3. The normalized spacial score (nSPS) is 11.2. The van der Waals surface area contributed by atoms with Crippen molar-refractivity contribution in [2.24, 2.45) is 0 Å². The van der Waals surface area contributed by atoms with Crippen molar-refractivity contribution in [3.05, 3.63) is 41.6 Å². The van der Waals surface area contributed by atoms with Gasteiger partial charge in [0, 0.05) is 18.9 Å². The molecule has 2 rings (SSSR count). The first kappa shape index (κ1) is 17.5. The van der Waals surface area contributed by atoms with Gasteiger partial charge in [0.1, 0.15) is 5.56 Å². The fourth-order valence-corrected chi connectivity index (χ4v) is 1.90. The summed E-state index contributed by atoms with van der Waals surface area (Å²) in [4.78, 5) is 9.20. The Kier molecular flexibility index (Phi) is 4.93. The van der Waals surface area contributed by atoms with Crippen molar-refractivity contribution in [1.82, 2.24) is 9.97 Å². The van der Waals surface area contributed by atoms with Gasteiger partial charge in [0.25, 0.3) is 0 Å². The summed E-state index contributed by atoms with van der Waals surface area (Å²) in [5.41, 5.74) is 0.0850. The van der Waals surface area contributed by atoms with E-state index in [1.54, 1.807) is 45.2 Å². The van der Waals surface area contributed by atoms with Crippen LogP contribution in [-0.4, -0.2) is 23.1 Å². The Hall–Kier alpha value is -2.82. The van der Waals surface area contributed by atoms with Crippen molar-refractivity contribution in [1.29, 1.82) is 5.26 Å². The predicted molar refractivity (Wildman–Crippen MR) is 82.0 cm³/mol. The third kappa shape index (κ3) is 3.93. The van der Waals surface area contributed by atoms with Gasteiger partial charge in [-0.2, -0.15) is 23.4 Å². The number of anilines is 2. The van der Waals surface area contributed by atoms with Crippen LogP contribution in [0.15, 0.2) is 30.5 Å². The van der Waals surface area contributed by atoms with Crippen LogP contribution >= 0.6 is 0 Å². The molecule has 2 aromatic rings. The van der Waals surface area contributed by atoms with Crippen LogP contribution < -0.4 is 9.64 Å². The molecule has 0 radical (unpaired) electrons. The maximum atomic E-state index is 13.0. The molecule has 0 unspecified atom stereocenters. The van der Waals surface area contributed by atoms with Gasteiger partial charge >= 0.3 is 6.18 Å². The zero-order chi connectivity index (χ0) is 17.9. The molecule has 0 N–H and O–H groups in total. The van der Waals surface area contributed by atoms with Crippen molar-refractivity contribution < 1.29 is 17.9 Å². The smallest absolute Gasteiger partial charge is 0.423 e. The molecule has 0 aliphatic heterocycles. The monoisotopic (exact) mass is 336 g/mol. The van der Waals surface area contributed by atoms with Gasteiger partial charge in [-0.1, -0.05) is 0 Å². The molecule has 126 valence electrons. The summed E-state index contributed by atoms with van der Waals surface area (Å²) in [6.45, 7) is 3.23. The Morgan fingerprint density at radius 1 is 1.21 bits per heavy atom. The van der Waals surface area contributed by atoms with Gasteiger partial charge < -0.3 is 9.64 Å². The minimum Gasteiger partial charge on any atom is -0.474 e. The van der Waals surface area contributed by atoms with E-state index in [2.05, 4.69) is 9.97 Å². The average Bonchev–Trinajstić information content (AvgIpc) is 2.52. The average molecular weight is 336 g/mol. The van der Waals surface area contributed by atoms with Crippen molar-refractivity contribution >= 4 is 11.6 Å². The quantitative estimate of drug-likeness (QED) is 0.847. The maximum absolute atomic E-state index is 13.0. The summed E-state index contributed by atoms with van der Waals surface area (Å²) in [7, 11) is 1.61. The summed E-state index contributed by atoms with van der Waals surface area (Å²) in [5, 5.41) is 8.80. The summed E-state index contributed by atoms with van der Waals surface area (Å²) < 4.78 is 44.3. The van der Waals surface area contributed by atoms with Crippen LogP contribution in [0, 0.1) is 11.3 Å². The molecule has 8 heteroatoms. The number of nitrogens with zero attached hydrogens (tertiary/aromatic N) is 4. The molecule has 1 aromatic carbocycles. The molecule has 24 heavy (non-hydrogen) atoms. The molecule has 0 atom stereocenters. The minimum absolute atomic E-state index is 0.0587. The predicted octanol–water partition coefficient (Wildman–Crippen LogP) is 3.92. The largest absolute Gasteiger partial charge is 0.474 e. The Morgan fingerprint density at radius 3 is 2.33 bits per heavy atom. The van der Waals surface area contributed by atoms with E-state index < -0.39 is 23.7 Å². The lowest BCUT2D eigenvalue weighted by Gasteiger charge is -2.20. The van der Waals surface area contributed by atoms with Crippen molar-refractivity contribution in [3.63, 3.8) is 0 Å². The molecule has 0 saturated heterocycles. The van der Waals surface area contributed by atoms with Crippen LogP contribution in [0.3, 0.4) is 0 Å². The molecule has 0 spiro atoms. The highest BCUT2D eigenvalue weighted by Crippen LogP contribution is 2.36. The third-order valence-electron chi connectivity index (χ3n) is 3.08. The van der Waals surface area contributed by atoms with E-state index in [1.165, 1.54) is 4.90 Å². The number of hydrogen-bond acceptors (Lipinski definition) is 5. The fourth-order valence-electron chi connectivity index (χ4n) is 1.90. The maximum Gasteiger partial charge on any atom is 0.423 e. The van der Waals surface area contributed by atoms with E-state index in [1.807, 2.05) is 6.07 Å². The second kappa shape index (κ2) is 6.74. The van der Waals surface area contributed by atoms with Crippen molar-refractivity contribution in [2.75, 3.05) is 11.9 Å². The summed E-state index contributed by atoms with van der Waals surface area (Å²) in [6, 6.07) is 8.50. The van der Waals surface area contributed by atoms with Gasteiger partial charge in [0.05, 0.1) is 17.7 Å². The Bertz CT molecular complexity index is 751. The van der Waals surface area contributed by atoms with Gasteiger partial charge in [-0.3, -0.25) is 0 Å². The van der Waals surface area contributed by atoms with Gasteiger partial charge in [0.2, 0.25) is 11.8 Å². The lowest BCUT2D eigenvalue weighted by Crippen LogP contribution is -2.19. The number of alkyl halides is 3. The second-order valence-corrected chi connectivity index (χ2v) is 5.27. The molecular weight excluding hydrogens is 321 g/mol. The van der Waals surface area contributed by atoms with Crippen molar-refractivity contribution in [2.45, 2.75) is 26.1 Å². The van der Waals surface area contributed by atoms with Crippen LogP contribution in [-0.2, 0) is 6.18 Å². The number of rotatable bonds is 4. The van der Waals surface area contributed by atoms with Gasteiger partial charge in [-0.15, -0.1) is 0 Å². The number of nitriles is 1. The number of ether oxygens (including phenoxy) is 1. The first-order valence-electron chi connectivity index (χ1n) is 7.07. The molecule has 1 aromatic heterocycles. The molecule has 0 aliphatic rings. The van der Waals surface area contributed by atoms with E-state index in [0.717, 1.165) is 0 Å². The SMILES string of the molecule is CC(C)Oc1nc(N(C)c2ccc(C#N)cc2)ncc1C(F)(F)F. The van der Waals surface area contributed by atoms with E-state index in [4.69, 9.17) is 10.00 Å². The number of benzene rings is 1. The van der Waals surface area contributed by atoms with Crippen LogP contribution in [0.25, 0.3) is 0 Å². The molecule has 1 heterocycles. The van der Waals surface area contributed by atoms with Gasteiger partial charge in [-0.25, -0.2) is 4.98 Å². The number of aromatic nitrogens is 2. The molecule has 5 nitrogen and oxygen atoms in total. The Morgan fingerprint density at radius 2 is 1.83 bits per heavy atom. The zero-order valence-corrected chi connectivity index (χ0v) is 13.3. The highest BCUT2D eigenvalue weighted by molar-refractivity contribution is 5.58. The van der Waals surface area contributed by atoms with Gasteiger partial charge in [0.15, 0.2) is 0 Å². The van der Waals surface area contributed by atoms with E-state index in [-0.39, 0.29) is 5.95 Å². The number of hydrogen-bond donors (Lipinski definition) is 0. The zero-order valence-electron chi connectivity index (χ0n) is 13.3. The topological polar surface area (TPSA) is 62.0 Å². The first-order valence-corrected chi connectivity index (χ1v) is 7.07. The standard InChI is InChI=1S/C16H15F3N4O/c1-10(2)24-14-13(16(17,18)19)9-21-15(22-14)23(3)12-6-4-11(8-20)5-7-12/h4-7,9-10H,1-3H3. The highest BCUT2D eigenvalue weighted by atomic mass is 19.4. The van der Waals surface area contributed by atoms with E-state index in [9.17, 15) is 13.2 Å². The fraction of sp³-hybridized carbons (Fsp3) is 0.312. The second-order valence-electron chi connectivity index (χ2n) is 5.27. The molecule has 0 fully saturated rings. The first-order chi connectivity index (χ1) is 11.2. The molecule has 0 amide bonds. The molecular formula is C16H15F3N4O. The lowest BCUT2D eigenvalue weighted by atomic mass is 10.2. The van der Waals surface area contributed by atoms with Gasteiger partial charge in [-0.05, 0) is 38.1 Å². The highest BCUT2D eigenvalue weighted by Gasteiger charge is 2.36. The van der Waals surface area contributed by atoms with Crippen molar-refractivity contribution in [3.8, 4) is 11.9 Å². The Labute approximate surface area is 137 Å². The molecule has 0 saturated carbocycles. The van der Waals surface area contributed by atoms with Crippen LogP contribution in [0.4, 0.5) is 24.8 Å². The van der Waals surface area contributed by atoms with Crippen LogP contribution in [0.2, 0.25) is 0 Å².